The van der Waals surface area contributed by atoms with Crippen molar-refractivity contribution in [3.8, 4) is 0 Å². The summed E-state index contributed by atoms with van der Waals surface area (Å²) < 4.78 is 55.1. The van der Waals surface area contributed by atoms with Crippen LogP contribution in [0.3, 0.4) is 0 Å². The van der Waals surface area contributed by atoms with Gasteiger partial charge in [-0.05, 0) is 42.3 Å². The molecule has 0 aliphatic rings. The molecule has 0 fully saturated rings. The zero-order valence-electron chi connectivity index (χ0n) is 15.1. The zero-order valence-corrected chi connectivity index (χ0v) is 15.1. The van der Waals surface area contributed by atoms with E-state index in [9.17, 15) is 22.4 Å². The Kier molecular flexibility index (Phi) is 5.35. The SMILES string of the molecule is Cc1cc(N)c(C=N)cc1Nc1nc(=O)c(F)cn1Cc1cc(F)c(F)c(F)c1. The first kappa shape index (κ1) is 20.1. The number of nitrogens with zero attached hydrogens (tertiary/aromatic N) is 2. The number of halogens is 4. The molecule has 0 saturated carbocycles. The summed E-state index contributed by atoms with van der Waals surface area (Å²) in [7, 11) is 0. The van der Waals surface area contributed by atoms with Crippen molar-refractivity contribution < 1.29 is 17.6 Å². The van der Waals surface area contributed by atoms with Gasteiger partial charge in [-0.1, -0.05) is 0 Å². The first-order valence-electron chi connectivity index (χ1n) is 8.27. The molecule has 1 aromatic heterocycles. The zero-order chi connectivity index (χ0) is 21.3. The van der Waals surface area contributed by atoms with Gasteiger partial charge in [0.15, 0.2) is 17.5 Å². The molecule has 0 bridgehead atoms. The van der Waals surface area contributed by atoms with Crippen LogP contribution in [0.2, 0.25) is 0 Å². The van der Waals surface area contributed by atoms with Gasteiger partial charge in [0.05, 0.1) is 6.54 Å². The van der Waals surface area contributed by atoms with Gasteiger partial charge in [-0.25, -0.2) is 13.2 Å². The van der Waals surface area contributed by atoms with Gasteiger partial charge in [-0.3, -0.25) is 4.79 Å². The van der Waals surface area contributed by atoms with Crippen molar-refractivity contribution in [3.63, 3.8) is 0 Å². The number of hydrogen-bond donors (Lipinski definition) is 3. The first-order chi connectivity index (χ1) is 13.7. The smallest absolute Gasteiger partial charge is 0.310 e. The Bertz CT molecular complexity index is 1150. The lowest BCUT2D eigenvalue weighted by Crippen LogP contribution is -2.20. The predicted molar refractivity (Wildman–Crippen MR) is 101 cm³/mol. The van der Waals surface area contributed by atoms with Crippen LogP contribution in [0.4, 0.5) is 34.9 Å². The summed E-state index contributed by atoms with van der Waals surface area (Å²) in [6, 6.07) is 4.66. The minimum atomic E-state index is -1.62. The molecule has 3 rings (SSSR count). The van der Waals surface area contributed by atoms with Crippen molar-refractivity contribution in [2.45, 2.75) is 13.5 Å². The molecule has 150 valence electrons. The van der Waals surface area contributed by atoms with Crippen molar-refractivity contribution in [3.05, 3.63) is 80.8 Å². The lowest BCUT2D eigenvalue weighted by Gasteiger charge is -2.16. The molecule has 0 aliphatic carbocycles. The normalized spacial score (nSPS) is 10.8. The molecule has 0 unspecified atom stereocenters. The second-order valence-electron chi connectivity index (χ2n) is 6.28. The number of anilines is 3. The van der Waals surface area contributed by atoms with Crippen LogP contribution in [0.15, 0.2) is 35.3 Å². The third-order valence-corrected chi connectivity index (χ3v) is 4.18. The largest absolute Gasteiger partial charge is 0.398 e. The molecule has 2 aromatic carbocycles. The maximum atomic E-state index is 13.8. The summed E-state index contributed by atoms with van der Waals surface area (Å²) in [4.78, 5) is 15.3. The van der Waals surface area contributed by atoms with Gasteiger partial charge in [-0.2, -0.15) is 9.37 Å². The summed E-state index contributed by atoms with van der Waals surface area (Å²) in [6.07, 6.45) is 1.86. The number of rotatable bonds is 5. The maximum absolute atomic E-state index is 13.8. The highest BCUT2D eigenvalue weighted by atomic mass is 19.2. The van der Waals surface area contributed by atoms with Crippen LogP contribution in [-0.2, 0) is 6.54 Å². The van der Waals surface area contributed by atoms with E-state index in [1.807, 2.05) is 0 Å². The summed E-state index contributed by atoms with van der Waals surface area (Å²) in [5, 5.41) is 10.2. The Balaban J connectivity index is 2.05. The lowest BCUT2D eigenvalue weighted by atomic mass is 10.1. The van der Waals surface area contributed by atoms with E-state index in [-0.39, 0.29) is 18.1 Å². The molecule has 10 heteroatoms. The van der Waals surface area contributed by atoms with E-state index in [1.165, 1.54) is 6.07 Å². The second-order valence-corrected chi connectivity index (χ2v) is 6.28. The maximum Gasteiger partial charge on any atom is 0.310 e. The van der Waals surface area contributed by atoms with Gasteiger partial charge in [0.2, 0.25) is 11.8 Å². The Morgan fingerprint density at radius 2 is 1.79 bits per heavy atom. The second kappa shape index (κ2) is 7.74. The van der Waals surface area contributed by atoms with Crippen LogP contribution in [0.5, 0.6) is 0 Å². The molecule has 0 radical (unpaired) electrons. The molecule has 29 heavy (non-hydrogen) atoms. The highest BCUT2D eigenvalue weighted by Crippen LogP contribution is 2.25. The van der Waals surface area contributed by atoms with E-state index >= 15 is 0 Å². The van der Waals surface area contributed by atoms with Crippen LogP contribution in [0.25, 0.3) is 0 Å². The third kappa shape index (κ3) is 4.10. The number of benzene rings is 2. The predicted octanol–water partition coefficient (Wildman–Crippen LogP) is 3.48. The van der Waals surface area contributed by atoms with Crippen molar-refractivity contribution >= 4 is 23.5 Å². The molecular formula is C19H15F4N5O. The van der Waals surface area contributed by atoms with Crippen molar-refractivity contribution in [2.75, 3.05) is 11.1 Å². The molecule has 0 aliphatic heterocycles. The van der Waals surface area contributed by atoms with Crippen LogP contribution in [-0.4, -0.2) is 15.8 Å². The highest BCUT2D eigenvalue weighted by molar-refractivity contribution is 5.87. The van der Waals surface area contributed by atoms with E-state index in [0.717, 1.165) is 29.1 Å². The Morgan fingerprint density at radius 1 is 1.14 bits per heavy atom. The molecule has 0 amide bonds. The average Bonchev–Trinajstić information content (AvgIpc) is 2.65. The van der Waals surface area contributed by atoms with Gasteiger partial charge in [0.1, 0.15) is 0 Å². The molecule has 3 aromatic rings. The molecule has 0 atom stereocenters. The summed E-state index contributed by atoms with van der Waals surface area (Å²) in [6.45, 7) is 1.41. The minimum absolute atomic E-state index is 0.0106. The van der Waals surface area contributed by atoms with E-state index in [0.29, 0.717) is 22.5 Å². The van der Waals surface area contributed by atoms with Gasteiger partial charge in [0, 0.05) is 29.3 Å². The molecular weight excluding hydrogens is 390 g/mol. The van der Waals surface area contributed by atoms with Crippen molar-refractivity contribution in [1.82, 2.24) is 9.55 Å². The monoisotopic (exact) mass is 405 g/mol. The molecule has 4 N–H and O–H groups in total. The Labute approximate surface area is 162 Å². The summed E-state index contributed by atoms with van der Waals surface area (Å²) in [5.41, 5.74) is 6.51. The van der Waals surface area contributed by atoms with Crippen molar-refractivity contribution in [2.24, 2.45) is 0 Å². The lowest BCUT2D eigenvalue weighted by molar-refractivity contribution is 0.444. The molecule has 1 heterocycles. The Hall–Kier alpha value is -3.69. The van der Waals surface area contributed by atoms with Crippen LogP contribution >= 0.6 is 0 Å². The van der Waals surface area contributed by atoms with Crippen LogP contribution in [0.1, 0.15) is 16.7 Å². The van der Waals surface area contributed by atoms with E-state index in [4.69, 9.17) is 11.1 Å². The molecule has 0 spiro atoms. The van der Waals surface area contributed by atoms with Gasteiger partial charge in [0.25, 0.3) is 0 Å². The number of aryl methyl sites for hydroxylation is 1. The van der Waals surface area contributed by atoms with E-state index in [2.05, 4.69) is 10.3 Å². The third-order valence-electron chi connectivity index (χ3n) is 4.18. The topological polar surface area (TPSA) is 96.8 Å². The molecule has 6 nitrogen and oxygen atoms in total. The number of hydrogen-bond acceptors (Lipinski definition) is 5. The fourth-order valence-electron chi connectivity index (χ4n) is 2.71. The van der Waals surface area contributed by atoms with E-state index < -0.39 is 28.8 Å². The number of nitrogen functional groups attached to an aromatic ring is 1. The average molecular weight is 405 g/mol. The van der Waals surface area contributed by atoms with Gasteiger partial charge < -0.3 is 21.0 Å². The fourth-order valence-corrected chi connectivity index (χ4v) is 2.71. The molecule has 0 saturated heterocycles. The first-order valence-corrected chi connectivity index (χ1v) is 8.27. The number of aromatic nitrogens is 2. The highest BCUT2D eigenvalue weighted by Gasteiger charge is 2.15. The Morgan fingerprint density at radius 3 is 2.41 bits per heavy atom. The fraction of sp³-hybridized carbons (Fsp3) is 0.105. The quantitative estimate of drug-likeness (QED) is 0.262. The minimum Gasteiger partial charge on any atom is -0.398 e. The number of nitrogens with one attached hydrogen (secondary N) is 2. The van der Waals surface area contributed by atoms with Gasteiger partial charge in [-0.15, -0.1) is 0 Å². The standard InChI is InChI=1S/C19H15F4N5O/c1-9-2-15(25)11(6-24)5-16(9)26-19-27-18(29)14(22)8-28(19)7-10-3-12(20)17(23)13(21)4-10/h2-6,8,24H,7,25H2,1H3,(H,26,27,29). The summed E-state index contributed by atoms with van der Waals surface area (Å²) >= 11 is 0. The van der Waals surface area contributed by atoms with Crippen LogP contribution in [0, 0.1) is 35.6 Å². The summed E-state index contributed by atoms with van der Waals surface area (Å²) in [5.74, 6) is -5.70. The van der Waals surface area contributed by atoms with Crippen LogP contribution < -0.4 is 16.6 Å². The van der Waals surface area contributed by atoms with Gasteiger partial charge >= 0.3 is 5.56 Å². The number of nitrogens with two attached hydrogens (primary N) is 1. The van der Waals surface area contributed by atoms with E-state index in [1.54, 1.807) is 13.0 Å². The van der Waals surface area contributed by atoms with Crippen molar-refractivity contribution in [1.29, 1.82) is 5.41 Å².